The molecule has 1 rings (SSSR count). The van der Waals surface area contributed by atoms with E-state index in [4.69, 9.17) is 16.3 Å². The first-order valence-electron chi connectivity index (χ1n) is 6.81. The van der Waals surface area contributed by atoms with Crippen molar-refractivity contribution in [3.63, 3.8) is 0 Å². The van der Waals surface area contributed by atoms with Crippen LogP contribution in [0.5, 0.6) is 0 Å². The number of carbonyl (C=O) groups is 2. The first-order chi connectivity index (χ1) is 9.81. The largest absolute Gasteiger partial charge is 0.463 e. The van der Waals surface area contributed by atoms with Crippen LogP contribution in [0.4, 0.5) is 0 Å². The van der Waals surface area contributed by atoms with Gasteiger partial charge in [0.1, 0.15) is 11.5 Å². The van der Waals surface area contributed by atoms with Crippen LogP contribution < -0.4 is 5.32 Å². The lowest BCUT2D eigenvalue weighted by Gasteiger charge is -2.10. The van der Waals surface area contributed by atoms with Gasteiger partial charge in [0, 0.05) is 12.5 Å². The summed E-state index contributed by atoms with van der Waals surface area (Å²) in [7, 11) is 0. The zero-order chi connectivity index (χ0) is 16.0. The third-order valence-electron chi connectivity index (χ3n) is 2.48. The Bertz CT molecular complexity index is 518. The number of hydrogen-bond acceptors (Lipinski definition) is 5. The second-order valence-corrected chi connectivity index (χ2v) is 5.53. The molecule has 0 aliphatic heterocycles. The van der Waals surface area contributed by atoms with E-state index in [1.807, 2.05) is 13.8 Å². The van der Waals surface area contributed by atoms with Crippen molar-refractivity contribution in [1.29, 1.82) is 0 Å². The van der Waals surface area contributed by atoms with Crippen molar-refractivity contribution in [2.45, 2.75) is 46.1 Å². The van der Waals surface area contributed by atoms with Crippen molar-refractivity contribution in [3.05, 3.63) is 22.7 Å². The molecule has 0 spiro atoms. The van der Waals surface area contributed by atoms with Crippen molar-refractivity contribution >= 4 is 23.5 Å². The molecular weight excluding hydrogens is 294 g/mol. The first-order valence-corrected chi connectivity index (χ1v) is 7.19. The number of hydrogen-bond donors (Lipinski definition) is 1. The number of aromatic nitrogens is 2. The number of carbonyl (C=O) groups excluding carboxylic acids is 2. The standard InChI is InChI=1S/C14H20ClN3O3/c1-8(2)13-17-7-10(15)12(18-13)14(20)16-6-5-11(19)21-9(3)4/h7-9H,5-6H2,1-4H3,(H,16,20). The average molecular weight is 314 g/mol. The molecule has 116 valence electrons. The molecule has 0 radical (unpaired) electrons. The monoisotopic (exact) mass is 313 g/mol. The molecule has 0 atom stereocenters. The molecule has 1 heterocycles. The van der Waals surface area contributed by atoms with Gasteiger partial charge in [-0.25, -0.2) is 9.97 Å². The lowest BCUT2D eigenvalue weighted by atomic mass is 10.2. The molecule has 0 aromatic carbocycles. The maximum absolute atomic E-state index is 12.0. The topological polar surface area (TPSA) is 81.2 Å². The van der Waals surface area contributed by atoms with Crippen LogP contribution in [0, 0.1) is 0 Å². The molecule has 0 unspecified atom stereocenters. The smallest absolute Gasteiger partial charge is 0.307 e. The van der Waals surface area contributed by atoms with E-state index in [0.717, 1.165) is 0 Å². The van der Waals surface area contributed by atoms with E-state index in [1.54, 1.807) is 13.8 Å². The van der Waals surface area contributed by atoms with E-state index >= 15 is 0 Å². The van der Waals surface area contributed by atoms with Crippen LogP contribution in [0.2, 0.25) is 5.02 Å². The Morgan fingerprint density at radius 3 is 2.57 bits per heavy atom. The lowest BCUT2D eigenvalue weighted by Crippen LogP contribution is -2.28. The third-order valence-corrected chi connectivity index (χ3v) is 2.75. The van der Waals surface area contributed by atoms with Crippen LogP contribution in [0.25, 0.3) is 0 Å². The molecule has 1 amide bonds. The third kappa shape index (κ3) is 5.67. The summed E-state index contributed by atoms with van der Waals surface area (Å²) in [5, 5.41) is 2.78. The molecule has 1 aromatic rings. The molecule has 0 aliphatic rings. The van der Waals surface area contributed by atoms with Crippen LogP contribution in [0.15, 0.2) is 6.20 Å². The Morgan fingerprint density at radius 2 is 2.00 bits per heavy atom. The Labute approximate surface area is 129 Å². The molecule has 0 saturated heterocycles. The fraction of sp³-hybridized carbons (Fsp3) is 0.571. The highest BCUT2D eigenvalue weighted by atomic mass is 35.5. The maximum Gasteiger partial charge on any atom is 0.307 e. The van der Waals surface area contributed by atoms with Crippen LogP contribution in [0.1, 0.15) is 56.3 Å². The van der Waals surface area contributed by atoms with Gasteiger partial charge in [-0.15, -0.1) is 0 Å². The Balaban J connectivity index is 2.60. The summed E-state index contributed by atoms with van der Waals surface area (Å²) in [6, 6.07) is 0. The van der Waals surface area contributed by atoms with Gasteiger partial charge in [0.05, 0.1) is 23.7 Å². The van der Waals surface area contributed by atoms with Crippen molar-refractivity contribution in [3.8, 4) is 0 Å². The molecule has 7 heteroatoms. The number of halogens is 1. The van der Waals surface area contributed by atoms with Gasteiger partial charge in [-0.1, -0.05) is 25.4 Å². The van der Waals surface area contributed by atoms with Gasteiger partial charge >= 0.3 is 5.97 Å². The SMILES string of the molecule is CC(C)OC(=O)CCNC(=O)c1nc(C(C)C)ncc1Cl. The van der Waals surface area contributed by atoms with Gasteiger partial charge in [0.15, 0.2) is 0 Å². The summed E-state index contributed by atoms with van der Waals surface area (Å²) in [6.45, 7) is 7.55. The summed E-state index contributed by atoms with van der Waals surface area (Å²) in [5.41, 5.74) is 0.118. The van der Waals surface area contributed by atoms with E-state index in [0.29, 0.717) is 5.82 Å². The second-order valence-electron chi connectivity index (χ2n) is 5.12. The quantitative estimate of drug-likeness (QED) is 0.815. The van der Waals surface area contributed by atoms with Gasteiger partial charge in [0.25, 0.3) is 5.91 Å². The van der Waals surface area contributed by atoms with Crippen molar-refractivity contribution in [2.24, 2.45) is 0 Å². The number of rotatable bonds is 6. The normalized spacial score (nSPS) is 10.8. The van der Waals surface area contributed by atoms with Crippen molar-refractivity contribution in [1.82, 2.24) is 15.3 Å². The van der Waals surface area contributed by atoms with Crippen LogP contribution in [-0.4, -0.2) is 34.5 Å². The summed E-state index contributed by atoms with van der Waals surface area (Å²) >= 11 is 5.93. The highest BCUT2D eigenvalue weighted by Gasteiger charge is 2.15. The minimum atomic E-state index is -0.429. The zero-order valence-corrected chi connectivity index (χ0v) is 13.4. The molecule has 0 saturated carbocycles. The first kappa shape index (κ1) is 17.4. The predicted molar refractivity (Wildman–Crippen MR) is 79.3 cm³/mol. The number of nitrogens with zero attached hydrogens (tertiary/aromatic N) is 2. The number of nitrogens with one attached hydrogen (secondary N) is 1. The van der Waals surface area contributed by atoms with Gasteiger partial charge in [-0.2, -0.15) is 0 Å². The van der Waals surface area contributed by atoms with Gasteiger partial charge < -0.3 is 10.1 Å². The summed E-state index contributed by atoms with van der Waals surface area (Å²) in [6.07, 6.45) is 1.34. The van der Waals surface area contributed by atoms with Gasteiger partial charge in [-0.3, -0.25) is 9.59 Å². The molecule has 1 N–H and O–H groups in total. The number of amides is 1. The molecular formula is C14H20ClN3O3. The van der Waals surface area contributed by atoms with Crippen LogP contribution in [-0.2, 0) is 9.53 Å². The zero-order valence-electron chi connectivity index (χ0n) is 12.6. The number of ether oxygens (including phenoxy) is 1. The van der Waals surface area contributed by atoms with E-state index < -0.39 is 5.91 Å². The summed E-state index contributed by atoms with van der Waals surface area (Å²) < 4.78 is 4.97. The molecule has 6 nitrogen and oxygen atoms in total. The second kappa shape index (κ2) is 7.93. The highest BCUT2D eigenvalue weighted by Crippen LogP contribution is 2.16. The van der Waals surface area contributed by atoms with E-state index in [-0.39, 0.29) is 41.7 Å². The Kier molecular flexibility index (Phi) is 6.55. The fourth-order valence-electron chi connectivity index (χ4n) is 1.50. The Morgan fingerprint density at radius 1 is 1.33 bits per heavy atom. The minimum Gasteiger partial charge on any atom is -0.463 e. The maximum atomic E-state index is 12.0. The summed E-state index contributed by atoms with van der Waals surface area (Å²) in [5.74, 6) is -0.151. The molecule has 21 heavy (non-hydrogen) atoms. The summed E-state index contributed by atoms with van der Waals surface area (Å²) in [4.78, 5) is 31.6. The van der Waals surface area contributed by atoms with E-state index in [2.05, 4.69) is 15.3 Å². The van der Waals surface area contributed by atoms with Crippen LogP contribution >= 0.6 is 11.6 Å². The van der Waals surface area contributed by atoms with E-state index in [1.165, 1.54) is 6.20 Å². The van der Waals surface area contributed by atoms with Gasteiger partial charge in [-0.05, 0) is 13.8 Å². The fourth-order valence-corrected chi connectivity index (χ4v) is 1.68. The molecule has 0 bridgehead atoms. The lowest BCUT2D eigenvalue weighted by molar-refractivity contribution is -0.147. The van der Waals surface area contributed by atoms with Gasteiger partial charge in [0.2, 0.25) is 0 Å². The highest BCUT2D eigenvalue weighted by molar-refractivity contribution is 6.33. The predicted octanol–water partition coefficient (Wildman–Crippen LogP) is 2.32. The van der Waals surface area contributed by atoms with E-state index in [9.17, 15) is 9.59 Å². The Hall–Kier alpha value is -1.69. The van der Waals surface area contributed by atoms with Crippen molar-refractivity contribution in [2.75, 3.05) is 6.54 Å². The molecule has 1 aromatic heterocycles. The molecule has 0 aliphatic carbocycles. The minimum absolute atomic E-state index is 0.0924. The number of esters is 1. The van der Waals surface area contributed by atoms with Crippen LogP contribution in [0.3, 0.4) is 0 Å². The average Bonchev–Trinajstić information content (AvgIpc) is 2.37. The van der Waals surface area contributed by atoms with Crippen molar-refractivity contribution < 1.29 is 14.3 Å². The molecule has 0 fully saturated rings.